The van der Waals surface area contributed by atoms with Crippen LogP contribution in [0.5, 0.6) is 17.2 Å². The molecule has 22 heavy (non-hydrogen) atoms. The van der Waals surface area contributed by atoms with E-state index < -0.39 is 6.10 Å². The number of amides is 1. The standard InChI is InChI=1S/C15H20N2O5/c1-19-11-7-13-12(21-4-5-22-13)6-10(11)8-17-15(18)14-9-16-2-3-20-14/h6-7,14,16H,2-5,8-9H2,1H3,(H,17,18). The molecular weight excluding hydrogens is 288 g/mol. The number of morpholine rings is 1. The fraction of sp³-hybridized carbons (Fsp3) is 0.533. The summed E-state index contributed by atoms with van der Waals surface area (Å²) in [5.41, 5.74) is 0.837. The summed E-state index contributed by atoms with van der Waals surface area (Å²) in [5.74, 6) is 1.86. The van der Waals surface area contributed by atoms with Crippen LogP contribution in [0.15, 0.2) is 12.1 Å². The van der Waals surface area contributed by atoms with Gasteiger partial charge in [-0.15, -0.1) is 0 Å². The minimum absolute atomic E-state index is 0.135. The lowest BCUT2D eigenvalue weighted by Gasteiger charge is -2.23. The highest BCUT2D eigenvalue weighted by Gasteiger charge is 2.22. The molecule has 7 nitrogen and oxygen atoms in total. The van der Waals surface area contributed by atoms with Gasteiger partial charge in [0.2, 0.25) is 0 Å². The van der Waals surface area contributed by atoms with E-state index in [0.29, 0.717) is 50.2 Å². The van der Waals surface area contributed by atoms with Gasteiger partial charge >= 0.3 is 0 Å². The normalized spacial score (nSPS) is 20.3. The van der Waals surface area contributed by atoms with Crippen molar-refractivity contribution in [3.05, 3.63) is 17.7 Å². The molecule has 0 radical (unpaired) electrons. The maximum absolute atomic E-state index is 12.1. The number of carbonyl (C=O) groups excluding carboxylic acids is 1. The van der Waals surface area contributed by atoms with E-state index in [4.69, 9.17) is 18.9 Å². The summed E-state index contributed by atoms with van der Waals surface area (Å²) in [4.78, 5) is 12.1. The Balaban J connectivity index is 1.67. The second-order valence-corrected chi connectivity index (χ2v) is 5.09. The van der Waals surface area contributed by atoms with Crippen LogP contribution in [0.2, 0.25) is 0 Å². The van der Waals surface area contributed by atoms with E-state index in [1.54, 1.807) is 13.2 Å². The number of benzene rings is 1. The average molecular weight is 308 g/mol. The fourth-order valence-electron chi connectivity index (χ4n) is 2.47. The number of hydrogen-bond donors (Lipinski definition) is 2. The Labute approximate surface area is 128 Å². The van der Waals surface area contributed by atoms with Crippen LogP contribution in [0.4, 0.5) is 0 Å². The number of methoxy groups -OCH3 is 1. The number of rotatable bonds is 4. The zero-order chi connectivity index (χ0) is 15.4. The summed E-state index contributed by atoms with van der Waals surface area (Å²) in [5, 5.41) is 6.00. The van der Waals surface area contributed by atoms with Crippen molar-refractivity contribution >= 4 is 5.91 Å². The fourth-order valence-corrected chi connectivity index (χ4v) is 2.47. The van der Waals surface area contributed by atoms with E-state index >= 15 is 0 Å². The van der Waals surface area contributed by atoms with Crippen molar-refractivity contribution < 1.29 is 23.7 Å². The van der Waals surface area contributed by atoms with Crippen molar-refractivity contribution in [1.82, 2.24) is 10.6 Å². The first kappa shape index (κ1) is 14.9. The molecule has 2 aliphatic heterocycles. The van der Waals surface area contributed by atoms with Gasteiger partial charge in [0.05, 0.1) is 13.7 Å². The molecule has 1 amide bonds. The molecule has 0 aromatic heterocycles. The van der Waals surface area contributed by atoms with Crippen LogP contribution in [0, 0.1) is 0 Å². The molecule has 1 aromatic carbocycles. The Morgan fingerprint density at radius 1 is 1.32 bits per heavy atom. The molecule has 2 aliphatic rings. The molecule has 1 aromatic rings. The molecule has 1 atom stereocenters. The van der Waals surface area contributed by atoms with E-state index in [9.17, 15) is 4.79 Å². The first-order chi connectivity index (χ1) is 10.8. The van der Waals surface area contributed by atoms with Gasteiger partial charge < -0.3 is 29.6 Å². The van der Waals surface area contributed by atoms with Gasteiger partial charge in [0.1, 0.15) is 25.1 Å². The molecule has 0 aliphatic carbocycles. The van der Waals surface area contributed by atoms with Crippen LogP contribution in [0.3, 0.4) is 0 Å². The third kappa shape index (κ3) is 3.26. The second-order valence-electron chi connectivity index (χ2n) is 5.09. The molecule has 2 N–H and O–H groups in total. The van der Waals surface area contributed by atoms with E-state index in [2.05, 4.69) is 10.6 Å². The van der Waals surface area contributed by atoms with Gasteiger partial charge in [0.25, 0.3) is 5.91 Å². The summed E-state index contributed by atoms with van der Waals surface area (Å²) >= 11 is 0. The van der Waals surface area contributed by atoms with E-state index in [1.165, 1.54) is 0 Å². The molecule has 1 unspecified atom stereocenters. The SMILES string of the molecule is COc1cc2c(cc1CNC(=O)C1CNCCO1)OCCO2. The van der Waals surface area contributed by atoms with Gasteiger partial charge in [0.15, 0.2) is 11.5 Å². The van der Waals surface area contributed by atoms with Gasteiger partial charge in [-0.25, -0.2) is 0 Å². The summed E-state index contributed by atoms with van der Waals surface area (Å²) in [6.07, 6.45) is -0.447. The maximum atomic E-state index is 12.1. The summed E-state index contributed by atoms with van der Waals surface area (Å²) in [6, 6.07) is 3.63. The van der Waals surface area contributed by atoms with Crippen molar-refractivity contribution in [2.75, 3.05) is 40.0 Å². The zero-order valence-corrected chi connectivity index (χ0v) is 12.5. The van der Waals surface area contributed by atoms with Crippen molar-refractivity contribution in [2.24, 2.45) is 0 Å². The lowest BCUT2D eigenvalue weighted by atomic mass is 10.1. The lowest BCUT2D eigenvalue weighted by molar-refractivity contribution is -0.134. The van der Waals surface area contributed by atoms with Crippen molar-refractivity contribution in [2.45, 2.75) is 12.6 Å². The van der Waals surface area contributed by atoms with Crippen LogP contribution in [0.1, 0.15) is 5.56 Å². The molecule has 0 saturated carbocycles. The molecule has 7 heteroatoms. The monoisotopic (exact) mass is 308 g/mol. The summed E-state index contributed by atoms with van der Waals surface area (Å²) in [6.45, 7) is 3.25. The number of carbonyl (C=O) groups is 1. The van der Waals surface area contributed by atoms with Crippen molar-refractivity contribution in [1.29, 1.82) is 0 Å². The number of fused-ring (bicyclic) bond motifs is 1. The zero-order valence-electron chi connectivity index (χ0n) is 12.5. The maximum Gasteiger partial charge on any atom is 0.250 e. The average Bonchev–Trinajstić information content (AvgIpc) is 2.59. The first-order valence-corrected chi connectivity index (χ1v) is 7.34. The first-order valence-electron chi connectivity index (χ1n) is 7.34. The van der Waals surface area contributed by atoms with Crippen LogP contribution in [0.25, 0.3) is 0 Å². The predicted molar refractivity (Wildman–Crippen MR) is 78.4 cm³/mol. The van der Waals surface area contributed by atoms with Crippen LogP contribution in [-0.4, -0.2) is 52.0 Å². The van der Waals surface area contributed by atoms with Gasteiger partial charge in [0, 0.05) is 31.3 Å². The Kier molecular flexibility index (Phi) is 4.65. The largest absolute Gasteiger partial charge is 0.496 e. The Morgan fingerprint density at radius 3 is 2.77 bits per heavy atom. The van der Waals surface area contributed by atoms with Gasteiger partial charge in [-0.1, -0.05) is 0 Å². The van der Waals surface area contributed by atoms with Crippen LogP contribution < -0.4 is 24.8 Å². The Morgan fingerprint density at radius 2 is 2.09 bits per heavy atom. The highest BCUT2D eigenvalue weighted by molar-refractivity contribution is 5.81. The summed E-state index contributed by atoms with van der Waals surface area (Å²) < 4.78 is 21.9. The number of hydrogen-bond acceptors (Lipinski definition) is 6. The molecular formula is C15H20N2O5. The Hall–Kier alpha value is -1.99. The number of ether oxygens (including phenoxy) is 4. The third-order valence-electron chi connectivity index (χ3n) is 3.62. The smallest absolute Gasteiger partial charge is 0.250 e. The molecule has 1 fully saturated rings. The highest BCUT2D eigenvalue weighted by Crippen LogP contribution is 2.36. The topological polar surface area (TPSA) is 78.1 Å². The van der Waals surface area contributed by atoms with Crippen LogP contribution >= 0.6 is 0 Å². The minimum Gasteiger partial charge on any atom is -0.496 e. The molecule has 1 saturated heterocycles. The lowest BCUT2D eigenvalue weighted by Crippen LogP contribution is -2.47. The van der Waals surface area contributed by atoms with E-state index in [-0.39, 0.29) is 5.91 Å². The Bertz CT molecular complexity index is 543. The van der Waals surface area contributed by atoms with Gasteiger partial charge in [-0.2, -0.15) is 0 Å². The van der Waals surface area contributed by atoms with Crippen molar-refractivity contribution in [3.63, 3.8) is 0 Å². The summed E-state index contributed by atoms with van der Waals surface area (Å²) in [7, 11) is 1.59. The predicted octanol–water partition coefficient (Wildman–Crippen LogP) is 0.0710. The highest BCUT2D eigenvalue weighted by atomic mass is 16.6. The molecule has 2 heterocycles. The molecule has 3 rings (SSSR count). The van der Waals surface area contributed by atoms with Gasteiger partial charge in [-0.05, 0) is 6.07 Å². The second kappa shape index (κ2) is 6.85. The van der Waals surface area contributed by atoms with Crippen molar-refractivity contribution in [3.8, 4) is 17.2 Å². The number of nitrogens with one attached hydrogen (secondary N) is 2. The minimum atomic E-state index is -0.447. The molecule has 120 valence electrons. The third-order valence-corrected chi connectivity index (χ3v) is 3.62. The van der Waals surface area contributed by atoms with Gasteiger partial charge in [-0.3, -0.25) is 4.79 Å². The molecule has 0 spiro atoms. The van der Waals surface area contributed by atoms with Crippen LogP contribution in [-0.2, 0) is 16.1 Å². The molecule has 0 bridgehead atoms. The van der Waals surface area contributed by atoms with E-state index in [0.717, 1.165) is 12.1 Å². The quantitative estimate of drug-likeness (QED) is 0.820. The van der Waals surface area contributed by atoms with E-state index in [1.807, 2.05) is 6.07 Å².